The fourth-order valence-electron chi connectivity index (χ4n) is 2.47. The van der Waals surface area contributed by atoms with E-state index >= 15 is 0 Å². The van der Waals surface area contributed by atoms with Gasteiger partial charge in [-0.2, -0.15) is 0 Å². The second kappa shape index (κ2) is 12.5. The van der Waals surface area contributed by atoms with Gasteiger partial charge in [0.2, 0.25) is 0 Å². The molecule has 0 spiro atoms. The first-order valence-electron chi connectivity index (χ1n) is 10.2. The lowest BCUT2D eigenvalue weighted by molar-refractivity contribution is 0.0977. The van der Waals surface area contributed by atoms with Crippen LogP contribution in [0.5, 0.6) is 11.5 Å². The molecule has 0 heterocycles. The number of amides is 1. The summed E-state index contributed by atoms with van der Waals surface area (Å²) in [5, 5.41) is 5.93. The van der Waals surface area contributed by atoms with Crippen molar-refractivity contribution in [1.82, 2.24) is 5.32 Å². The molecule has 0 atom stereocenters. The Morgan fingerprint density at radius 1 is 1.10 bits per heavy atom. The second-order valence-electron chi connectivity index (χ2n) is 7.31. The largest absolute Gasteiger partial charge is 0.494 e. The van der Waals surface area contributed by atoms with Crippen molar-refractivity contribution in [1.29, 1.82) is 0 Å². The van der Waals surface area contributed by atoms with E-state index in [0.29, 0.717) is 30.4 Å². The van der Waals surface area contributed by atoms with Crippen LogP contribution < -0.4 is 20.1 Å². The highest BCUT2D eigenvalue weighted by atomic mass is 79.9. The summed E-state index contributed by atoms with van der Waals surface area (Å²) in [6.45, 7) is 7.77. The zero-order valence-corrected chi connectivity index (χ0v) is 20.1. The van der Waals surface area contributed by atoms with E-state index in [0.717, 1.165) is 35.2 Å². The Hall–Kier alpha value is -2.12. The van der Waals surface area contributed by atoms with Gasteiger partial charge >= 0.3 is 0 Å². The molecule has 0 radical (unpaired) electrons. The van der Waals surface area contributed by atoms with Gasteiger partial charge in [0.25, 0.3) is 5.91 Å². The van der Waals surface area contributed by atoms with Gasteiger partial charge in [-0.15, -0.1) is 0 Å². The first-order valence-corrected chi connectivity index (χ1v) is 11.4. The molecule has 162 valence electrons. The van der Waals surface area contributed by atoms with Crippen molar-refractivity contribution in [2.45, 2.75) is 40.0 Å². The number of thiocarbonyl (C=S) groups is 1. The number of carbonyl (C=O) groups excluding carboxylic acids is 1. The molecule has 2 aromatic rings. The van der Waals surface area contributed by atoms with Gasteiger partial charge < -0.3 is 14.8 Å². The van der Waals surface area contributed by atoms with Gasteiger partial charge in [-0.3, -0.25) is 10.1 Å². The monoisotopic (exact) mass is 492 g/mol. The molecule has 2 aromatic carbocycles. The maximum Gasteiger partial charge on any atom is 0.257 e. The van der Waals surface area contributed by atoms with E-state index in [1.54, 1.807) is 18.2 Å². The molecule has 1 amide bonds. The fraction of sp³-hybridized carbons (Fsp3) is 0.391. The summed E-state index contributed by atoms with van der Waals surface area (Å²) in [6, 6.07) is 12.7. The van der Waals surface area contributed by atoms with Crippen molar-refractivity contribution in [2.24, 2.45) is 5.92 Å². The average molecular weight is 493 g/mol. The Morgan fingerprint density at radius 3 is 2.47 bits per heavy atom. The predicted octanol–water partition coefficient (Wildman–Crippen LogP) is 6.18. The van der Waals surface area contributed by atoms with Crippen LogP contribution in [0.15, 0.2) is 46.9 Å². The van der Waals surface area contributed by atoms with Crippen molar-refractivity contribution < 1.29 is 14.3 Å². The topological polar surface area (TPSA) is 59.6 Å². The van der Waals surface area contributed by atoms with Crippen molar-refractivity contribution in [3.63, 3.8) is 0 Å². The molecule has 5 nitrogen and oxygen atoms in total. The summed E-state index contributed by atoms with van der Waals surface area (Å²) in [6.07, 6.45) is 3.09. The van der Waals surface area contributed by atoms with Crippen LogP contribution in [0.1, 0.15) is 50.4 Å². The Balaban J connectivity index is 1.86. The van der Waals surface area contributed by atoms with Crippen molar-refractivity contribution in [2.75, 3.05) is 18.5 Å². The summed E-state index contributed by atoms with van der Waals surface area (Å²) >= 11 is 8.73. The Morgan fingerprint density at radius 2 is 1.83 bits per heavy atom. The van der Waals surface area contributed by atoms with Gasteiger partial charge in [0.15, 0.2) is 5.11 Å². The number of hydrogen-bond acceptors (Lipinski definition) is 4. The minimum atomic E-state index is -0.290. The number of unbranched alkanes of at least 4 members (excludes halogenated alkanes) is 1. The maximum absolute atomic E-state index is 12.5. The van der Waals surface area contributed by atoms with E-state index in [-0.39, 0.29) is 11.0 Å². The smallest absolute Gasteiger partial charge is 0.257 e. The molecule has 2 N–H and O–H groups in total. The molecule has 0 fully saturated rings. The number of carbonyl (C=O) groups is 1. The molecule has 0 unspecified atom stereocenters. The van der Waals surface area contributed by atoms with Gasteiger partial charge in [-0.1, -0.05) is 27.2 Å². The van der Waals surface area contributed by atoms with Crippen LogP contribution >= 0.6 is 28.1 Å². The van der Waals surface area contributed by atoms with E-state index in [1.165, 1.54) is 0 Å². The lowest BCUT2D eigenvalue weighted by atomic mass is 10.1. The molecule has 30 heavy (non-hydrogen) atoms. The molecular formula is C23H29BrN2O3S. The number of hydrogen-bond donors (Lipinski definition) is 2. The molecule has 0 aromatic heterocycles. The predicted molar refractivity (Wildman–Crippen MR) is 130 cm³/mol. The molecule has 2 rings (SSSR count). The molecule has 0 aliphatic heterocycles. The number of benzene rings is 2. The van der Waals surface area contributed by atoms with E-state index in [9.17, 15) is 4.79 Å². The Labute approximate surface area is 192 Å². The van der Waals surface area contributed by atoms with Crippen LogP contribution in [0.2, 0.25) is 0 Å². The molecular weight excluding hydrogens is 464 g/mol. The number of halogens is 1. The fourth-order valence-corrected chi connectivity index (χ4v) is 3.17. The van der Waals surface area contributed by atoms with E-state index in [1.807, 2.05) is 24.3 Å². The zero-order chi connectivity index (χ0) is 21.9. The van der Waals surface area contributed by atoms with Crippen molar-refractivity contribution in [3.8, 4) is 11.5 Å². The summed E-state index contributed by atoms with van der Waals surface area (Å²) in [5.74, 6) is 1.81. The third-order valence-corrected chi connectivity index (χ3v) is 5.08. The second-order valence-corrected chi connectivity index (χ2v) is 8.57. The maximum atomic E-state index is 12.5. The summed E-state index contributed by atoms with van der Waals surface area (Å²) in [5.41, 5.74) is 1.26. The lowest BCUT2D eigenvalue weighted by Crippen LogP contribution is -2.34. The summed E-state index contributed by atoms with van der Waals surface area (Å²) in [7, 11) is 0. The number of anilines is 1. The van der Waals surface area contributed by atoms with Crippen LogP contribution in [-0.4, -0.2) is 24.2 Å². The first-order chi connectivity index (χ1) is 14.4. The number of rotatable bonds is 10. The van der Waals surface area contributed by atoms with Gasteiger partial charge in [-0.25, -0.2) is 0 Å². The molecule has 7 heteroatoms. The van der Waals surface area contributed by atoms with Crippen molar-refractivity contribution >= 4 is 44.9 Å². The molecule has 0 saturated heterocycles. The Kier molecular flexibility index (Phi) is 10.1. The number of nitrogens with one attached hydrogen (secondary N) is 2. The highest BCUT2D eigenvalue weighted by Gasteiger charge is 2.11. The average Bonchev–Trinajstić information content (AvgIpc) is 2.70. The summed E-state index contributed by atoms with van der Waals surface area (Å²) in [4.78, 5) is 12.5. The zero-order valence-electron chi connectivity index (χ0n) is 17.7. The first kappa shape index (κ1) is 24.2. The quantitative estimate of drug-likeness (QED) is 0.306. The van der Waals surface area contributed by atoms with E-state index < -0.39 is 0 Å². The third kappa shape index (κ3) is 8.32. The van der Waals surface area contributed by atoms with Crippen LogP contribution in [0.3, 0.4) is 0 Å². The van der Waals surface area contributed by atoms with E-state index in [4.69, 9.17) is 21.7 Å². The van der Waals surface area contributed by atoms with Crippen LogP contribution in [0, 0.1) is 5.92 Å². The van der Waals surface area contributed by atoms with Gasteiger partial charge in [0.1, 0.15) is 11.5 Å². The summed E-state index contributed by atoms with van der Waals surface area (Å²) < 4.78 is 12.1. The number of ether oxygens (including phenoxy) is 2. The van der Waals surface area contributed by atoms with E-state index in [2.05, 4.69) is 47.3 Å². The van der Waals surface area contributed by atoms with Crippen LogP contribution in [0.25, 0.3) is 0 Å². The van der Waals surface area contributed by atoms with Gasteiger partial charge in [-0.05, 0) is 89.4 Å². The Bertz CT molecular complexity index is 841. The SMILES string of the molecule is CCCCOc1ccc(NC(=S)NC(=O)c2ccc(OCCC(C)C)c(Br)c2)cc1. The molecule has 0 aliphatic carbocycles. The standard InChI is InChI=1S/C23H29BrN2O3S/c1-4-5-13-28-19-9-7-18(8-10-19)25-23(30)26-22(27)17-6-11-21(20(24)15-17)29-14-12-16(2)3/h6-11,15-16H,4-5,12-14H2,1-3H3,(H2,25,26,27,30). The normalized spacial score (nSPS) is 10.6. The third-order valence-electron chi connectivity index (χ3n) is 4.25. The van der Waals surface area contributed by atoms with Crippen LogP contribution in [0.4, 0.5) is 5.69 Å². The molecule has 0 aliphatic rings. The van der Waals surface area contributed by atoms with Gasteiger partial charge in [0, 0.05) is 11.3 Å². The van der Waals surface area contributed by atoms with Crippen molar-refractivity contribution in [3.05, 3.63) is 52.5 Å². The highest BCUT2D eigenvalue weighted by Crippen LogP contribution is 2.26. The van der Waals surface area contributed by atoms with Crippen LogP contribution in [-0.2, 0) is 0 Å². The lowest BCUT2D eigenvalue weighted by Gasteiger charge is -2.12. The molecule has 0 saturated carbocycles. The molecule has 0 bridgehead atoms. The minimum absolute atomic E-state index is 0.230. The highest BCUT2D eigenvalue weighted by molar-refractivity contribution is 9.10. The minimum Gasteiger partial charge on any atom is -0.494 e. The van der Waals surface area contributed by atoms with Gasteiger partial charge in [0.05, 0.1) is 17.7 Å².